The zero-order valence-electron chi connectivity index (χ0n) is 13.3. The largest absolute Gasteiger partial charge is 0.481 e. The molecule has 1 amide bonds. The molecule has 0 heterocycles. The minimum Gasteiger partial charge on any atom is -0.481 e. The van der Waals surface area contributed by atoms with Crippen LogP contribution in [0.15, 0.2) is 48.5 Å². The van der Waals surface area contributed by atoms with Crippen LogP contribution in [0.5, 0.6) is 5.75 Å². The highest BCUT2D eigenvalue weighted by Crippen LogP contribution is 2.16. The van der Waals surface area contributed by atoms with Crippen LogP contribution in [0, 0.1) is 6.92 Å². The Kier molecular flexibility index (Phi) is 5.36. The van der Waals surface area contributed by atoms with E-state index in [1.807, 2.05) is 25.1 Å². The smallest absolute Gasteiger partial charge is 0.337 e. The third-order valence-corrected chi connectivity index (χ3v) is 3.22. The van der Waals surface area contributed by atoms with Crippen LogP contribution in [0.4, 0.5) is 5.69 Å². The molecule has 0 aliphatic heterocycles. The normalized spacial score (nSPS) is 11.4. The average molecular weight is 313 g/mol. The maximum Gasteiger partial charge on any atom is 0.337 e. The summed E-state index contributed by atoms with van der Waals surface area (Å²) in [4.78, 5) is 23.7. The fourth-order valence-electron chi connectivity index (χ4n) is 2.03. The third-order valence-electron chi connectivity index (χ3n) is 3.22. The Morgan fingerprint density at radius 2 is 1.83 bits per heavy atom. The Morgan fingerprint density at radius 1 is 1.09 bits per heavy atom. The molecule has 0 aromatic heterocycles. The quantitative estimate of drug-likeness (QED) is 0.861. The van der Waals surface area contributed by atoms with E-state index in [-0.39, 0.29) is 5.91 Å². The Bertz CT molecular complexity index is 712. The van der Waals surface area contributed by atoms with Crippen LogP contribution in [0.2, 0.25) is 0 Å². The number of methoxy groups -OCH3 is 1. The molecule has 5 heteroatoms. The Balaban J connectivity index is 2.02. The monoisotopic (exact) mass is 313 g/mol. The standard InChI is InChI=1S/C18H19NO4/c1-12-6-4-9-16(10-12)23-13(2)17(20)19-15-8-5-7-14(11-15)18(21)22-3/h4-11,13H,1-3H3,(H,19,20)/t13-/m1/s1. The number of hydrogen-bond acceptors (Lipinski definition) is 4. The van der Waals surface area contributed by atoms with Gasteiger partial charge in [0, 0.05) is 5.69 Å². The number of benzene rings is 2. The van der Waals surface area contributed by atoms with Crippen LogP contribution in [0.3, 0.4) is 0 Å². The molecule has 2 aromatic rings. The number of amides is 1. The molecule has 0 saturated heterocycles. The predicted octanol–water partition coefficient (Wildman–Crippen LogP) is 3.19. The molecule has 0 aliphatic rings. The van der Waals surface area contributed by atoms with Gasteiger partial charge in [-0.3, -0.25) is 4.79 Å². The van der Waals surface area contributed by atoms with Crippen LogP contribution >= 0.6 is 0 Å². The number of anilines is 1. The zero-order valence-corrected chi connectivity index (χ0v) is 13.3. The Hall–Kier alpha value is -2.82. The SMILES string of the molecule is COC(=O)c1cccc(NC(=O)[C@@H](C)Oc2cccc(C)c2)c1. The maximum absolute atomic E-state index is 12.2. The third kappa shape index (κ3) is 4.57. The number of aryl methyl sites for hydroxylation is 1. The van der Waals surface area contributed by atoms with Gasteiger partial charge in [-0.25, -0.2) is 4.79 Å². The molecule has 0 bridgehead atoms. The summed E-state index contributed by atoms with van der Waals surface area (Å²) in [6.45, 7) is 3.62. The van der Waals surface area contributed by atoms with Gasteiger partial charge in [0.15, 0.2) is 6.10 Å². The van der Waals surface area contributed by atoms with Gasteiger partial charge in [0.1, 0.15) is 5.75 Å². The molecular weight excluding hydrogens is 294 g/mol. The van der Waals surface area contributed by atoms with Gasteiger partial charge in [0.25, 0.3) is 5.91 Å². The molecule has 1 atom stereocenters. The summed E-state index contributed by atoms with van der Waals surface area (Å²) >= 11 is 0. The number of carbonyl (C=O) groups is 2. The van der Waals surface area contributed by atoms with Gasteiger partial charge in [-0.15, -0.1) is 0 Å². The van der Waals surface area contributed by atoms with Gasteiger partial charge in [-0.1, -0.05) is 18.2 Å². The van der Waals surface area contributed by atoms with E-state index in [0.29, 0.717) is 17.0 Å². The lowest BCUT2D eigenvalue weighted by Crippen LogP contribution is -2.30. The molecule has 0 spiro atoms. The summed E-state index contributed by atoms with van der Waals surface area (Å²) in [6, 6.07) is 14.0. The van der Waals surface area contributed by atoms with E-state index < -0.39 is 12.1 Å². The van der Waals surface area contributed by atoms with Crippen molar-refractivity contribution >= 4 is 17.6 Å². The number of rotatable bonds is 5. The molecule has 5 nitrogen and oxygen atoms in total. The molecule has 0 fully saturated rings. The minimum absolute atomic E-state index is 0.298. The first-order chi connectivity index (χ1) is 11.0. The second-order valence-electron chi connectivity index (χ2n) is 5.14. The first-order valence-corrected chi connectivity index (χ1v) is 7.22. The van der Waals surface area contributed by atoms with Crippen molar-refractivity contribution in [3.05, 3.63) is 59.7 Å². The highest BCUT2D eigenvalue weighted by molar-refractivity contribution is 5.96. The summed E-state index contributed by atoms with van der Waals surface area (Å²) in [5, 5.41) is 2.72. The van der Waals surface area contributed by atoms with Crippen LogP contribution in [0.1, 0.15) is 22.8 Å². The molecule has 0 saturated carbocycles. The molecule has 120 valence electrons. The van der Waals surface area contributed by atoms with Crippen LogP contribution in [0.25, 0.3) is 0 Å². The van der Waals surface area contributed by atoms with Crippen LogP contribution in [-0.2, 0) is 9.53 Å². The summed E-state index contributed by atoms with van der Waals surface area (Å²) in [7, 11) is 1.31. The fraction of sp³-hybridized carbons (Fsp3) is 0.222. The lowest BCUT2D eigenvalue weighted by atomic mass is 10.2. The van der Waals surface area contributed by atoms with E-state index in [0.717, 1.165) is 5.56 Å². The first kappa shape index (κ1) is 16.5. The van der Waals surface area contributed by atoms with E-state index in [1.54, 1.807) is 37.3 Å². The summed E-state index contributed by atoms with van der Waals surface area (Å²) in [5.74, 6) is -0.116. The predicted molar refractivity (Wildman–Crippen MR) is 87.7 cm³/mol. The van der Waals surface area contributed by atoms with Crippen molar-refractivity contribution in [3.63, 3.8) is 0 Å². The van der Waals surface area contributed by atoms with Crippen LogP contribution in [-0.4, -0.2) is 25.1 Å². The zero-order chi connectivity index (χ0) is 16.8. The van der Waals surface area contributed by atoms with Gasteiger partial charge in [0.2, 0.25) is 0 Å². The number of ether oxygens (including phenoxy) is 2. The van der Waals surface area contributed by atoms with E-state index in [1.165, 1.54) is 7.11 Å². The van der Waals surface area contributed by atoms with Crippen molar-refractivity contribution in [2.24, 2.45) is 0 Å². The lowest BCUT2D eigenvalue weighted by molar-refractivity contribution is -0.122. The minimum atomic E-state index is -0.668. The highest BCUT2D eigenvalue weighted by atomic mass is 16.5. The number of nitrogens with one attached hydrogen (secondary N) is 1. The second kappa shape index (κ2) is 7.45. The summed E-state index contributed by atoms with van der Waals surface area (Å²) in [6.07, 6.45) is -0.668. The van der Waals surface area contributed by atoms with Gasteiger partial charge >= 0.3 is 5.97 Å². The highest BCUT2D eigenvalue weighted by Gasteiger charge is 2.15. The number of hydrogen-bond donors (Lipinski definition) is 1. The number of esters is 1. The first-order valence-electron chi connectivity index (χ1n) is 7.22. The van der Waals surface area contributed by atoms with E-state index in [4.69, 9.17) is 4.74 Å². The maximum atomic E-state index is 12.2. The van der Waals surface area contributed by atoms with Crippen molar-refractivity contribution in [1.29, 1.82) is 0 Å². The van der Waals surface area contributed by atoms with Crippen molar-refractivity contribution in [1.82, 2.24) is 0 Å². The number of carbonyl (C=O) groups excluding carboxylic acids is 2. The van der Waals surface area contributed by atoms with Gasteiger partial charge < -0.3 is 14.8 Å². The van der Waals surface area contributed by atoms with E-state index in [9.17, 15) is 9.59 Å². The van der Waals surface area contributed by atoms with Gasteiger partial charge in [-0.05, 0) is 49.7 Å². The summed E-state index contributed by atoms with van der Waals surface area (Å²) in [5.41, 5.74) is 1.94. The van der Waals surface area contributed by atoms with E-state index >= 15 is 0 Å². The summed E-state index contributed by atoms with van der Waals surface area (Å²) < 4.78 is 10.3. The molecule has 0 radical (unpaired) electrons. The molecule has 1 N–H and O–H groups in total. The van der Waals surface area contributed by atoms with Gasteiger partial charge in [0.05, 0.1) is 12.7 Å². The lowest BCUT2D eigenvalue weighted by Gasteiger charge is -2.15. The van der Waals surface area contributed by atoms with Crippen LogP contribution < -0.4 is 10.1 Å². The topological polar surface area (TPSA) is 64.6 Å². The second-order valence-corrected chi connectivity index (χ2v) is 5.14. The van der Waals surface area contributed by atoms with Gasteiger partial charge in [-0.2, -0.15) is 0 Å². The molecule has 2 aromatic carbocycles. The molecule has 23 heavy (non-hydrogen) atoms. The fourth-order valence-corrected chi connectivity index (χ4v) is 2.03. The molecule has 0 aliphatic carbocycles. The van der Waals surface area contributed by atoms with E-state index in [2.05, 4.69) is 10.1 Å². The van der Waals surface area contributed by atoms with Crippen molar-refractivity contribution in [3.8, 4) is 5.75 Å². The molecule has 0 unspecified atom stereocenters. The average Bonchev–Trinajstić information content (AvgIpc) is 2.54. The Labute approximate surface area is 135 Å². The molecule has 2 rings (SSSR count). The van der Waals surface area contributed by atoms with Crippen molar-refractivity contribution in [2.75, 3.05) is 12.4 Å². The molecular formula is C18H19NO4. The Morgan fingerprint density at radius 3 is 2.52 bits per heavy atom. The van der Waals surface area contributed by atoms with Crippen molar-refractivity contribution in [2.45, 2.75) is 20.0 Å². The van der Waals surface area contributed by atoms with Crippen molar-refractivity contribution < 1.29 is 19.1 Å².